The smallest absolute Gasteiger partial charge is 0.127 e. The fourth-order valence-corrected chi connectivity index (χ4v) is 1.13. The number of nitrogens with zero attached hydrogens (tertiary/aromatic N) is 1. The van der Waals surface area contributed by atoms with Crippen molar-refractivity contribution in [2.75, 3.05) is 14.2 Å². The van der Waals surface area contributed by atoms with Crippen molar-refractivity contribution in [3.8, 4) is 11.5 Å². The number of rotatable bonds is 3. The maximum atomic E-state index is 5.54. The van der Waals surface area contributed by atoms with Gasteiger partial charge in [-0.15, -0.1) is 0 Å². The summed E-state index contributed by atoms with van der Waals surface area (Å²) in [5.74, 6) is 5.91. The molecule has 0 saturated carbocycles. The molecule has 0 amide bonds. The molecule has 0 heterocycles. The fraction of sp³-hybridized carbons (Fsp3) is 0.300. The van der Waals surface area contributed by atoms with Crippen LogP contribution in [0.4, 0.5) is 0 Å². The summed E-state index contributed by atoms with van der Waals surface area (Å²) >= 11 is 0. The van der Waals surface area contributed by atoms with Crippen LogP contribution >= 0.6 is 0 Å². The van der Waals surface area contributed by atoms with E-state index in [4.69, 9.17) is 15.2 Å². The number of ether oxygens (including phenoxy) is 2. The lowest BCUT2D eigenvalue weighted by Crippen LogP contribution is -2.02. The van der Waals surface area contributed by atoms with Crippen LogP contribution in [0.15, 0.2) is 23.3 Å². The van der Waals surface area contributed by atoms with E-state index in [9.17, 15) is 0 Å². The van der Waals surface area contributed by atoms with E-state index in [2.05, 4.69) is 17.7 Å². The summed E-state index contributed by atoms with van der Waals surface area (Å²) in [4.78, 5) is 0. The second kappa shape index (κ2) is 7.64. The molecular formula is C10H17N3O2. The number of nitrogens with two attached hydrogens (primary N) is 2. The molecule has 1 aromatic carbocycles. The predicted molar refractivity (Wildman–Crippen MR) is 61.2 cm³/mol. The highest BCUT2D eigenvalue weighted by Crippen LogP contribution is 2.26. The van der Waals surface area contributed by atoms with Crippen molar-refractivity contribution in [2.45, 2.75) is 6.54 Å². The van der Waals surface area contributed by atoms with E-state index < -0.39 is 0 Å². The Kier molecular flexibility index (Phi) is 6.74. The Bertz CT molecular complexity index is 280. The van der Waals surface area contributed by atoms with E-state index in [1.54, 1.807) is 14.2 Å². The first-order valence-electron chi connectivity index (χ1n) is 4.30. The first-order chi connectivity index (χ1) is 7.24. The summed E-state index contributed by atoms with van der Waals surface area (Å²) in [5.41, 5.74) is 6.45. The molecule has 0 bridgehead atoms. The van der Waals surface area contributed by atoms with E-state index >= 15 is 0 Å². The molecule has 0 spiro atoms. The zero-order chi connectivity index (χ0) is 11.7. The molecular weight excluding hydrogens is 194 g/mol. The minimum atomic E-state index is 0.424. The van der Waals surface area contributed by atoms with Gasteiger partial charge in [0, 0.05) is 18.8 Å². The lowest BCUT2D eigenvalue weighted by molar-refractivity contribution is 0.385. The zero-order valence-corrected chi connectivity index (χ0v) is 9.06. The Morgan fingerprint density at radius 3 is 1.93 bits per heavy atom. The monoisotopic (exact) mass is 211 g/mol. The van der Waals surface area contributed by atoms with Crippen molar-refractivity contribution in [3.63, 3.8) is 0 Å². The van der Waals surface area contributed by atoms with Crippen LogP contribution in [0.5, 0.6) is 11.5 Å². The highest BCUT2D eigenvalue weighted by atomic mass is 16.5. The Balaban J connectivity index is 0.000000583. The number of benzene rings is 1. The van der Waals surface area contributed by atoms with Crippen molar-refractivity contribution in [2.24, 2.45) is 16.7 Å². The molecule has 4 N–H and O–H groups in total. The highest BCUT2D eigenvalue weighted by Gasteiger charge is 2.06. The summed E-state index contributed by atoms with van der Waals surface area (Å²) < 4.78 is 10.2. The van der Waals surface area contributed by atoms with Crippen LogP contribution in [0.1, 0.15) is 5.56 Å². The number of methoxy groups -OCH3 is 2. The Labute approximate surface area is 89.7 Å². The molecule has 0 aromatic heterocycles. The summed E-state index contributed by atoms with van der Waals surface area (Å²) in [6.07, 6.45) is 0. The highest BCUT2D eigenvalue weighted by molar-refractivity contribution is 5.44. The molecule has 0 atom stereocenters. The van der Waals surface area contributed by atoms with Crippen LogP contribution in [0.25, 0.3) is 0 Å². The van der Waals surface area contributed by atoms with E-state index in [-0.39, 0.29) is 0 Å². The molecule has 15 heavy (non-hydrogen) atoms. The van der Waals surface area contributed by atoms with Crippen molar-refractivity contribution in [1.82, 2.24) is 0 Å². The van der Waals surface area contributed by atoms with Gasteiger partial charge in [-0.3, -0.25) is 0 Å². The number of hydrogen-bond donors (Lipinski definition) is 2. The quantitative estimate of drug-likeness (QED) is 0.438. The average molecular weight is 211 g/mol. The maximum Gasteiger partial charge on any atom is 0.127 e. The SMILES string of the molecule is C=NN.COc1cccc(OC)c1CN. The Hall–Kier alpha value is -1.75. The molecule has 1 rings (SSSR count). The van der Waals surface area contributed by atoms with Gasteiger partial charge in [-0.1, -0.05) is 6.07 Å². The van der Waals surface area contributed by atoms with Gasteiger partial charge in [-0.25, -0.2) is 0 Å². The largest absolute Gasteiger partial charge is 0.496 e. The Morgan fingerprint density at radius 2 is 1.67 bits per heavy atom. The van der Waals surface area contributed by atoms with Crippen molar-refractivity contribution >= 4 is 6.72 Å². The van der Waals surface area contributed by atoms with Gasteiger partial charge < -0.3 is 21.1 Å². The lowest BCUT2D eigenvalue weighted by atomic mass is 10.2. The summed E-state index contributed by atoms with van der Waals surface area (Å²) in [7, 11) is 3.24. The molecule has 1 aromatic rings. The van der Waals surface area contributed by atoms with Gasteiger partial charge in [0.05, 0.1) is 14.2 Å². The first kappa shape index (κ1) is 13.2. The second-order valence-electron chi connectivity index (χ2n) is 2.53. The fourth-order valence-electron chi connectivity index (χ4n) is 1.13. The van der Waals surface area contributed by atoms with Gasteiger partial charge >= 0.3 is 0 Å². The molecule has 0 fully saturated rings. The zero-order valence-electron chi connectivity index (χ0n) is 9.06. The molecule has 84 valence electrons. The molecule has 0 radical (unpaired) electrons. The van der Waals surface area contributed by atoms with Crippen LogP contribution in [0.3, 0.4) is 0 Å². The minimum absolute atomic E-state index is 0.424. The van der Waals surface area contributed by atoms with Gasteiger partial charge in [-0.05, 0) is 12.1 Å². The van der Waals surface area contributed by atoms with Gasteiger partial charge in [0.2, 0.25) is 0 Å². The van der Waals surface area contributed by atoms with Crippen LogP contribution in [0, 0.1) is 0 Å². The van der Waals surface area contributed by atoms with Crippen molar-refractivity contribution in [1.29, 1.82) is 0 Å². The molecule has 5 nitrogen and oxygen atoms in total. The third-order valence-corrected chi connectivity index (χ3v) is 1.73. The second-order valence-corrected chi connectivity index (χ2v) is 2.53. The summed E-state index contributed by atoms with van der Waals surface area (Å²) in [5, 5.41) is 2.75. The number of hydrazone groups is 1. The van der Waals surface area contributed by atoms with E-state index in [0.717, 1.165) is 17.1 Å². The van der Waals surface area contributed by atoms with Crippen LogP contribution in [0.2, 0.25) is 0 Å². The van der Waals surface area contributed by atoms with Gasteiger partial charge in [0.15, 0.2) is 0 Å². The van der Waals surface area contributed by atoms with Gasteiger partial charge in [0.25, 0.3) is 0 Å². The van der Waals surface area contributed by atoms with E-state index in [1.165, 1.54) is 0 Å². The molecule has 0 aliphatic rings. The summed E-state index contributed by atoms with van der Waals surface area (Å²) in [6.45, 7) is 3.31. The first-order valence-corrected chi connectivity index (χ1v) is 4.30. The molecule has 0 aliphatic heterocycles. The topological polar surface area (TPSA) is 82.9 Å². The maximum absolute atomic E-state index is 5.54. The molecule has 0 saturated heterocycles. The predicted octanol–water partition coefficient (Wildman–Crippen LogP) is 0.723. The van der Waals surface area contributed by atoms with Crippen LogP contribution < -0.4 is 21.1 Å². The van der Waals surface area contributed by atoms with Gasteiger partial charge in [0.1, 0.15) is 11.5 Å². The van der Waals surface area contributed by atoms with Crippen LogP contribution in [-0.4, -0.2) is 20.9 Å². The summed E-state index contributed by atoms with van der Waals surface area (Å²) in [6, 6.07) is 5.60. The number of hydrogen-bond acceptors (Lipinski definition) is 5. The normalized spacial score (nSPS) is 8.47. The molecule has 0 aliphatic carbocycles. The molecule has 5 heteroatoms. The third kappa shape index (κ3) is 3.86. The standard InChI is InChI=1S/C9H13NO2.CH4N2/c1-11-8-4-3-5-9(12-2)7(8)6-10;1-3-2/h3-5H,6,10H2,1-2H3;1-2H2. The Morgan fingerprint density at radius 1 is 1.27 bits per heavy atom. The van der Waals surface area contributed by atoms with Crippen LogP contribution in [-0.2, 0) is 6.54 Å². The average Bonchev–Trinajstić information content (AvgIpc) is 2.28. The van der Waals surface area contributed by atoms with E-state index in [0.29, 0.717) is 6.54 Å². The van der Waals surface area contributed by atoms with Crippen molar-refractivity contribution < 1.29 is 9.47 Å². The van der Waals surface area contributed by atoms with Gasteiger partial charge in [-0.2, -0.15) is 5.10 Å². The third-order valence-electron chi connectivity index (χ3n) is 1.73. The minimum Gasteiger partial charge on any atom is -0.496 e. The lowest BCUT2D eigenvalue weighted by Gasteiger charge is -2.10. The van der Waals surface area contributed by atoms with E-state index in [1.807, 2.05) is 18.2 Å². The molecule has 0 unspecified atom stereocenters. The van der Waals surface area contributed by atoms with Crippen molar-refractivity contribution in [3.05, 3.63) is 23.8 Å².